The summed E-state index contributed by atoms with van der Waals surface area (Å²) in [6.07, 6.45) is 2.81. The van der Waals surface area contributed by atoms with E-state index in [1.807, 2.05) is 45.4 Å². The number of carbonyl (C=O) groups is 1. The molecule has 1 heterocycles. The Labute approximate surface area is 125 Å². The number of hydrogen-bond donors (Lipinski definition) is 2. The lowest BCUT2D eigenvalue weighted by molar-refractivity contribution is 0.0951. The summed E-state index contributed by atoms with van der Waals surface area (Å²) in [5.41, 5.74) is 4.71. The van der Waals surface area contributed by atoms with E-state index in [9.17, 15) is 4.79 Å². The third-order valence-electron chi connectivity index (χ3n) is 3.46. The summed E-state index contributed by atoms with van der Waals surface area (Å²) in [6.45, 7) is 4.56. The van der Waals surface area contributed by atoms with Crippen LogP contribution in [-0.2, 0) is 20.0 Å². The van der Waals surface area contributed by atoms with E-state index in [4.69, 9.17) is 0 Å². The molecule has 2 rings (SSSR count). The van der Waals surface area contributed by atoms with Crippen molar-refractivity contribution < 1.29 is 4.79 Å². The first-order chi connectivity index (χ1) is 10.0. The first kappa shape index (κ1) is 15.1. The molecule has 0 aliphatic carbocycles. The van der Waals surface area contributed by atoms with E-state index < -0.39 is 0 Å². The van der Waals surface area contributed by atoms with Crippen LogP contribution in [0.4, 0.5) is 5.69 Å². The molecule has 1 amide bonds. The van der Waals surface area contributed by atoms with Gasteiger partial charge < -0.3 is 10.6 Å². The largest absolute Gasteiger partial charge is 0.387 e. The highest BCUT2D eigenvalue weighted by Gasteiger charge is 2.12. The third kappa shape index (κ3) is 3.42. The molecular weight excluding hydrogens is 264 g/mol. The Morgan fingerprint density at radius 1 is 1.38 bits per heavy atom. The van der Waals surface area contributed by atoms with Gasteiger partial charge in [0.2, 0.25) is 0 Å². The lowest BCUT2D eigenvalue weighted by Gasteiger charge is -2.10. The summed E-state index contributed by atoms with van der Waals surface area (Å²) in [5.74, 6) is -0.0785. The molecule has 5 nitrogen and oxygen atoms in total. The van der Waals surface area contributed by atoms with Gasteiger partial charge in [-0.1, -0.05) is 13.0 Å². The molecule has 0 aliphatic rings. The Morgan fingerprint density at radius 2 is 2.14 bits per heavy atom. The van der Waals surface area contributed by atoms with E-state index in [0.29, 0.717) is 12.1 Å². The van der Waals surface area contributed by atoms with Crippen molar-refractivity contribution in [3.63, 3.8) is 0 Å². The second kappa shape index (κ2) is 6.43. The highest BCUT2D eigenvalue weighted by molar-refractivity contribution is 5.99. The van der Waals surface area contributed by atoms with Crippen molar-refractivity contribution >= 4 is 11.6 Å². The van der Waals surface area contributed by atoms with E-state index in [1.54, 1.807) is 4.68 Å². The number of rotatable bonds is 5. The van der Waals surface area contributed by atoms with Gasteiger partial charge in [-0.2, -0.15) is 5.10 Å². The van der Waals surface area contributed by atoms with Crippen molar-refractivity contribution in [3.8, 4) is 0 Å². The minimum absolute atomic E-state index is 0.0785. The molecule has 0 atom stereocenters. The van der Waals surface area contributed by atoms with Crippen LogP contribution in [0, 0.1) is 6.92 Å². The Morgan fingerprint density at radius 3 is 2.81 bits per heavy atom. The zero-order valence-electron chi connectivity index (χ0n) is 13.0. The van der Waals surface area contributed by atoms with E-state index in [-0.39, 0.29) is 5.91 Å². The molecule has 0 saturated heterocycles. The lowest BCUT2D eigenvalue weighted by atomic mass is 10.1. The molecule has 1 aromatic carbocycles. The van der Waals surface area contributed by atoms with Crippen LogP contribution in [0.25, 0.3) is 0 Å². The maximum Gasteiger partial charge on any atom is 0.253 e. The van der Waals surface area contributed by atoms with E-state index >= 15 is 0 Å². The number of amides is 1. The fourth-order valence-electron chi connectivity index (χ4n) is 2.36. The predicted octanol–water partition coefficient (Wildman–Crippen LogP) is 2.26. The number of aromatic nitrogens is 2. The van der Waals surface area contributed by atoms with Gasteiger partial charge in [-0.15, -0.1) is 0 Å². The number of benzene rings is 1. The third-order valence-corrected chi connectivity index (χ3v) is 3.46. The van der Waals surface area contributed by atoms with Gasteiger partial charge >= 0.3 is 0 Å². The Balaban J connectivity index is 2.11. The van der Waals surface area contributed by atoms with Gasteiger partial charge in [-0.25, -0.2) is 0 Å². The molecule has 1 aromatic heterocycles. The van der Waals surface area contributed by atoms with Crippen molar-refractivity contribution in [2.75, 3.05) is 12.4 Å². The molecule has 21 heavy (non-hydrogen) atoms. The van der Waals surface area contributed by atoms with Crippen molar-refractivity contribution in [3.05, 3.63) is 46.8 Å². The zero-order chi connectivity index (χ0) is 15.4. The summed E-state index contributed by atoms with van der Waals surface area (Å²) in [4.78, 5) is 12.3. The van der Waals surface area contributed by atoms with Crippen molar-refractivity contribution in [2.24, 2.45) is 7.05 Å². The van der Waals surface area contributed by atoms with E-state index in [2.05, 4.69) is 22.7 Å². The molecule has 2 aromatic rings. The Hall–Kier alpha value is -2.30. The van der Waals surface area contributed by atoms with Gasteiger partial charge in [-0.05, 0) is 31.0 Å². The normalized spacial score (nSPS) is 10.5. The van der Waals surface area contributed by atoms with Crippen LogP contribution in [0.1, 0.15) is 34.1 Å². The second-order valence-corrected chi connectivity index (χ2v) is 5.11. The van der Waals surface area contributed by atoms with Crippen LogP contribution in [-0.4, -0.2) is 22.7 Å². The summed E-state index contributed by atoms with van der Waals surface area (Å²) >= 11 is 0. The van der Waals surface area contributed by atoms with Gasteiger partial charge in [0.1, 0.15) is 0 Å². The summed E-state index contributed by atoms with van der Waals surface area (Å²) < 4.78 is 1.78. The fourth-order valence-corrected chi connectivity index (χ4v) is 2.36. The fraction of sp³-hybridized carbons (Fsp3) is 0.375. The summed E-state index contributed by atoms with van der Waals surface area (Å²) in [5, 5.41) is 10.4. The number of nitrogens with one attached hydrogen (secondary N) is 2. The minimum atomic E-state index is -0.0785. The monoisotopic (exact) mass is 286 g/mol. The van der Waals surface area contributed by atoms with Gasteiger partial charge in [0.25, 0.3) is 5.91 Å². The maximum absolute atomic E-state index is 12.3. The molecule has 0 aliphatic heterocycles. The number of nitrogens with zero attached hydrogens (tertiary/aromatic N) is 2. The standard InChI is InChI=1S/C16H22N4O/c1-5-14-12(10-20(4)19-14)9-18-16(21)13-7-6-11(2)8-15(13)17-3/h6-8,10,17H,5,9H2,1-4H3,(H,18,21). The minimum Gasteiger partial charge on any atom is -0.387 e. The topological polar surface area (TPSA) is 59.0 Å². The van der Waals surface area contributed by atoms with Crippen molar-refractivity contribution in [2.45, 2.75) is 26.8 Å². The number of aryl methyl sites for hydroxylation is 3. The molecule has 2 N–H and O–H groups in total. The second-order valence-electron chi connectivity index (χ2n) is 5.11. The van der Waals surface area contributed by atoms with Crippen LogP contribution in [0.2, 0.25) is 0 Å². The molecule has 0 unspecified atom stereocenters. The molecule has 0 radical (unpaired) electrons. The highest BCUT2D eigenvalue weighted by atomic mass is 16.1. The average molecular weight is 286 g/mol. The van der Waals surface area contributed by atoms with Crippen LogP contribution >= 0.6 is 0 Å². The predicted molar refractivity (Wildman–Crippen MR) is 84.5 cm³/mol. The SMILES string of the molecule is CCc1nn(C)cc1CNC(=O)c1ccc(C)cc1NC. The zero-order valence-corrected chi connectivity index (χ0v) is 13.0. The van der Waals surface area contributed by atoms with Gasteiger partial charge in [0.15, 0.2) is 0 Å². The first-order valence-corrected chi connectivity index (χ1v) is 7.13. The molecule has 0 bridgehead atoms. The molecular formula is C16H22N4O. The quantitative estimate of drug-likeness (QED) is 0.886. The van der Waals surface area contributed by atoms with Gasteiger partial charge in [0.05, 0.1) is 11.3 Å². The number of carbonyl (C=O) groups excluding carboxylic acids is 1. The molecule has 5 heteroatoms. The van der Waals surface area contributed by atoms with Crippen molar-refractivity contribution in [1.29, 1.82) is 0 Å². The van der Waals surface area contributed by atoms with Crippen LogP contribution in [0.15, 0.2) is 24.4 Å². The van der Waals surface area contributed by atoms with E-state index in [0.717, 1.165) is 28.9 Å². The Kier molecular flexibility index (Phi) is 4.62. The average Bonchev–Trinajstić information content (AvgIpc) is 2.84. The molecule has 112 valence electrons. The van der Waals surface area contributed by atoms with Gasteiger partial charge in [0, 0.05) is 38.1 Å². The van der Waals surface area contributed by atoms with Crippen LogP contribution < -0.4 is 10.6 Å². The highest BCUT2D eigenvalue weighted by Crippen LogP contribution is 2.17. The van der Waals surface area contributed by atoms with E-state index in [1.165, 1.54) is 0 Å². The van der Waals surface area contributed by atoms with Crippen LogP contribution in [0.3, 0.4) is 0 Å². The molecule has 0 spiro atoms. The molecule has 0 fully saturated rings. The number of hydrogen-bond acceptors (Lipinski definition) is 3. The van der Waals surface area contributed by atoms with Crippen molar-refractivity contribution in [1.82, 2.24) is 15.1 Å². The molecule has 0 saturated carbocycles. The number of anilines is 1. The smallest absolute Gasteiger partial charge is 0.253 e. The van der Waals surface area contributed by atoms with Crippen LogP contribution in [0.5, 0.6) is 0 Å². The maximum atomic E-state index is 12.3. The lowest BCUT2D eigenvalue weighted by Crippen LogP contribution is -2.24. The summed E-state index contributed by atoms with van der Waals surface area (Å²) in [6, 6.07) is 5.76. The van der Waals surface area contributed by atoms with Gasteiger partial charge in [-0.3, -0.25) is 9.48 Å². The Bertz CT molecular complexity index is 646. The first-order valence-electron chi connectivity index (χ1n) is 7.13. The summed E-state index contributed by atoms with van der Waals surface area (Å²) in [7, 11) is 3.71.